The van der Waals surface area contributed by atoms with Crippen molar-refractivity contribution in [3.63, 3.8) is 0 Å². The van der Waals surface area contributed by atoms with E-state index in [1.807, 2.05) is 20.8 Å². The van der Waals surface area contributed by atoms with Gasteiger partial charge < -0.3 is 9.84 Å². The van der Waals surface area contributed by atoms with Gasteiger partial charge >= 0.3 is 11.9 Å². The van der Waals surface area contributed by atoms with Crippen LogP contribution in [0.1, 0.15) is 167 Å². The number of carbonyl (C=O) groups excluding carboxylic acids is 3. The number of aliphatic hydroxyl groups is 1. The predicted octanol–water partition coefficient (Wildman–Crippen LogP) is 9.72. The van der Waals surface area contributed by atoms with Gasteiger partial charge in [-0.25, -0.2) is 0 Å². The number of hydrogen-bond donors (Lipinski definition) is 1. The predicted molar refractivity (Wildman–Crippen MR) is 164 cm³/mol. The number of hydrogen-bond acceptors (Lipinski definition) is 5. The molecular formula is C33H68O5. The Bertz CT molecular complexity index is 524. The van der Waals surface area contributed by atoms with Gasteiger partial charge in [-0.2, -0.15) is 0 Å². The zero-order valence-corrected chi connectivity index (χ0v) is 26.4. The molecule has 1 N–H and O–H groups in total. The summed E-state index contributed by atoms with van der Waals surface area (Å²) in [4.78, 5) is 34.1. The molecule has 0 bridgehead atoms. The monoisotopic (exact) mass is 545 g/mol. The van der Waals surface area contributed by atoms with Crippen LogP contribution >= 0.6 is 0 Å². The Morgan fingerprint density at radius 2 is 0.974 bits per heavy atom. The second-order valence-electron chi connectivity index (χ2n) is 10.9. The van der Waals surface area contributed by atoms with Crippen molar-refractivity contribution >= 4 is 17.7 Å². The fourth-order valence-corrected chi connectivity index (χ4v) is 3.94. The molecule has 0 radical (unpaired) electrons. The lowest BCUT2D eigenvalue weighted by Gasteiger charge is -2.17. The third kappa shape index (κ3) is 26.4. The number of ketones is 1. The van der Waals surface area contributed by atoms with E-state index in [0.29, 0.717) is 17.6 Å². The normalized spacial score (nSPS) is 14.2. The number of rotatable bonds is 18. The summed E-state index contributed by atoms with van der Waals surface area (Å²) in [7, 11) is 0. The van der Waals surface area contributed by atoms with Gasteiger partial charge in [-0.05, 0) is 44.4 Å². The Kier molecular flexibility index (Phi) is 34.9. The molecule has 38 heavy (non-hydrogen) atoms. The number of carbonyl (C=O) groups is 3. The van der Waals surface area contributed by atoms with E-state index in [4.69, 9.17) is 4.74 Å². The minimum atomic E-state index is -0.384. The van der Waals surface area contributed by atoms with Crippen molar-refractivity contribution in [1.82, 2.24) is 0 Å². The summed E-state index contributed by atoms with van der Waals surface area (Å²) in [5, 5.41) is 9.58. The van der Waals surface area contributed by atoms with Crippen LogP contribution in [0.15, 0.2) is 0 Å². The maximum absolute atomic E-state index is 11.4. The van der Waals surface area contributed by atoms with Crippen LogP contribution in [0.5, 0.6) is 0 Å². The highest BCUT2D eigenvalue weighted by molar-refractivity contribution is 5.87. The second-order valence-corrected chi connectivity index (χ2v) is 10.9. The Hall–Kier alpha value is -1.23. The van der Waals surface area contributed by atoms with Gasteiger partial charge in [0.1, 0.15) is 5.78 Å². The number of esters is 2. The van der Waals surface area contributed by atoms with Crippen molar-refractivity contribution in [2.45, 2.75) is 173 Å². The molecule has 0 aromatic rings. The molecule has 0 aromatic carbocycles. The molecule has 0 aromatic heterocycles. The van der Waals surface area contributed by atoms with Crippen LogP contribution in [0, 0.1) is 23.7 Å². The minimum absolute atomic E-state index is 0. The van der Waals surface area contributed by atoms with Crippen molar-refractivity contribution in [2.24, 2.45) is 23.7 Å². The van der Waals surface area contributed by atoms with Crippen molar-refractivity contribution in [3.8, 4) is 0 Å². The molecule has 5 heteroatoms. The molecule has 230 valence electrons. The quantitative estimate of drug-likeness (QED) is 0.137. The Balaban J connectivity index is -0.000000229. The molecule has 5 atom stereocenters. The van der Waals surface area contributed by atoms with E-state index in [1.54, 1.807) is 13.8 Å². The molecule has 0 aliphatic heterocycles. The Morgan fingerprint density at radius 3 is 1.34 bits per heavy atom. The fourth-order valence-electron chi connectivity index (χ4n) is 3.94. The summed E-state index contributed by atoms with van der Waals surface area (Å²) in [6, 6.07) is 0. The smallest absolute Gasteiger partial charge is 0.316 e. The van der Waals surface area contributed by atoms with Crippen molar-refractivity contribution in [1.29, 1.82) is 0 Å². The molecule has 0 aliphatic rings. The van der Waals surface area contributed by atoms with Crippen LogP contribution in [-0.2, 0) is 19.1 Å². The first-order valence-corrected chi connectivity index (χ1v) is 15.4. The van der Waals surface area contributed by atoms with Gasteiger partial charge in [0, 0.05) is 12.3 Å². The molecule has 0 heterocycles. The Morgan fingerprint density at radius 1 is 0.579 bits per heavy atom. The van der Waals surface area contributed by atoms with Crippen molar-refractivity contribution < 1.29 is 24.2 Å². The van der Waals surface area contributed by atoms with E-state index < -0.39 is 0 Å². The Labute approximate surface area is 238 Å². The molecular weight excluding hydrogens is 476 g/mol. The van der Waals surface area contributed by atoms with Crippen molar-refractivity contribution in [2.75, 3.05) is 0 Å². The number of Topliss-reactive ketones (excluding diaryl/α,β-unsaturated/α-hetero) is 1. The van der Waals surface area contributed by atoms with Crippen LogP contribution in [0.4, 0.5) is 0 Å². The van der Waals surface area contributed by atoms with Crippen LogP contribution < -0.4 is 0 Å². The molecule has 5 unspecified atom stereocenters. The zero-order chi connectivity index (χ0) is 29.2. The lowest BCUT2D eigenvalue weighted by molar-refractivity contribution is -0.165. The first-order chi connectivity index (χ1) is 17.5. The third-order valence-corrected chi connectivity index (χ3v) is 6.75. The van der Waals surface area contributed by atoms with E-state index in [0.717, 1.165) is 77.0 Å². The maximum atomic E-state index is 11.4. The summed E-state index contributed by atoms with van der Waals surface area (Å²) in [6.07, 6.45) is 14.2. The van der Waals surface area contributed by atoms with Gasteiger partial charge in [0.25, 0.3) is 0 Å². The van der Waals surface area contributed by atoms with E-state index in [-0.39, 0.29) is 37.3 Å². The SMILES string of the molecule is C.CCCC(C)C(=O)OC(=O)C(C)CCC.CCCCC(=O)C(C)CCC.CCCCC(O)C(C)CCC. The topological polar surface area (TPSA) is 80.7 Å². The standard InChI is InChI=1S/C12H22O3.C10H22O.C10H20O.CH4/c1-5-7-9(3)11(13)15-12(14)10(4)8-6-2;2*1-4-6-8-10(11)9(3)7-5-2;/h9-10H,5-8H2,1-4H3;9-11H,4-8H2,1-3H3;9H,4-8H2,1-3H3;1H4. The highest BCUT2D eigenvalue weighted by Crippen LogP contribution is 2.15. The van der Waals surface area contributed by atoms with Gasteiger partial charge in [-0.3, -0.25) is 14.4 Å². The van der Waals surface area contributed by atoms with Gasteiger partial charge in [0.2, 0.25) is 0 Å². The number of aliphatic hydroxyl groups excluding tert-OH is 1. The van der Waals surface area contributed by atoms with Gasteiger partial charge in [-0.1, -0.05) is 122 Å². The molecule has 0 saturated heterocycles. The van der Waals surface area contributed by atoms with Crippen molar-refractivity contribution in [3.05, 3.63) is 0 Å². The van der Waals surface area contributed by atoms with Crippen LogP contribution in [0.3, 0.4) is 0 Å². The second kappa shape index (κ2) is 30.3. The molecule has 0 spiro atoms. The molecule has 5 nitrogen and oxygen atoms in total. The molecule has 0 saturated carbocycles. The van der Waals surface area contributed by atoms with E-state index >= 15 is 0 Å². The molecule has 0 fully saturated rings. The van der Waals surface area contributed by atoms with Gasteiger partial charge in [0.05, 0.1) is 17.9 Å². The third-order valence-electron chi connectivity index (χ3n) is 6.75. The maximum Gasteiger partial charge on any atom is 0.316 e. The zero-order valence-electron chi connectivity index (χ0n) is 26.4. The first-order valence-electron chi connectivity index (χ1n) is 15.4. The highest BCUT2D eigenvalue weighted by atomic mass is 16.6. The summed E-state index contributed by atoms with van der Waals surface area (Å²) in [6.45, 7) is 20.4. The minimum Gasteiger partial charge on any atom is -0.393 e. The van der Waals surface area contributed by atoms with Gasteiger partial charge in [-0.15, -0.1) is 0 Å². The van der Waals surface area contributed by atoms with E-state index in [9.17, 15) is 19.5 Å². The molecule has 0 rings (SSSR count). The van der Waals surface area contributed by atoms with Crippen LogP contribution in [0.2, 0.25) is 0 Å². The number of ether oxygens (including phenoxy) is 1. The summed E-state index contributed by atoms with van der Waals surface area (Å²) >= 11 is 0. The lowest BCUT2D eigenvalue weighted by atomic mass is 9.95. The summed E-state index contributed by atoms with van der Waals surface area (Å²) < 4.78 is 4.80. The van der Waals surface area contributed by atoms with Crippen LogP contribution in [-0.4, -0.2) is 28.9 Å². The molecule has 0 aliphatic carbocycles. The largest absolute Gasteiger partial charge is 0.393 e. The summed E-state index contributed by atoms with van der Waals surface area (Å²) in [5.74, 6) is 0.127. The van der Waals surface area contributed by atoms with E-state index in [2.05, 4.69) is 34.6 Å². The van der Waals surface area contributed by atoms with Gasteiger partial charge in [0.15, 0.2) is 0 Å². The average Bonchev–Trinajstić information content (AvgIpc) is 2.86. The average molecular weight is 545 g/mol. The van der Waals surface area contributed by atoms with Crippen LogP contribution in [0.25, 0.3) is 0 Å². The molecule has 0 amide bonds. The summed E-state index contributed by atoms with van der Waals surface area (Å²) in [5.41, 5.74) is 0. The highest BCUT2D eigenvalue weighted by Gasteiger charge is 2.21. The first kappa shape index (κ1) is 43.8. The van der Waals surface area contributed by atoms with E-state index in [1.165, 1.54) is 12.8 Å². The fraction of sp³-hybridized carbons (Fsp3) is 0.909. The number of unbranched alkanes of at least 4 members (excludes halogenated alkanes) is 2. The lowest BCUT2D eigenvalue weighted by Crippen LogP contribution is -2.23.